The van der Waals surface area contributed by atoms with Crippen molar-refractivity contribution in [3.8, 4) is 10.6 Å². The van der Waals surface area contributed by atoms with E-state index in [0.29, 0.717) is 5.02 Å². The zero-order valence-corrected chi connectivity index (χ0v) is 14.6. The lowest BCUT2D eigenvalue weighted by atomic mass is 10.2. The molecule has 0 spiro atoms. The van der Waals surface area contributed by atoms with E-state index in [4.69, 9.17) is 16.3 Å². The summed E-state index contributed by atoms with van der Waals surface area (Å²) in [5.41, 5.74) is 1.88. The smallest absolute Gasteiger partial charge is 0.407 e. The molecule has 0 saturated carbocycles. The van der Waals surface area contributed by atoms with Crippen molar-refractivity contribution in [3.63, 3.8) is 0 Å². The van der Waals surface area contributed by atoms with Crippen molar-refractivity contribution >= 4 is 29.0 Å². The molecule has 0 unspecified atom stereocenters. The Morgan fingerprint density at radius 3 is 2.50 bits per heavy atom. The molecule has 0 radical (unpaired) electrons. The Morgan fingerprint density at radius 2 is 1.91 bits per heavy atom. The number of alkyl carbamates (subject to hydrolysis) is 1. The maximum absolute atomic E-state index is 11.7. The van der Waals surface area contributed by atoms with E-state index >= 15 is 0 Å². The Balaban J connectivity index is 2.15. The number of benzene rings is 1. The third kappa shape index (κ3) is 4.21. The molecule has 0 bridgehead atoms. The van der Waals surface area contributed by atoms with Gasteiger partial charge in [0.25, 0.3) is 0 Å². The second-order valence-corrected chi connectivity index (χ2v) is 6.79. The molecule has 22 heavy (non-hydrogen) atoms. The number of rotatable bonds is 4. The van der Waals surface area contributed by atoms with Crippen LogP contribution >= 0.6 is 22.9 Å². The summed E-state index contributed by atoms with van der Waals surface area (Å²) in [6.45, 7) is 7.56. The predicted octanol–water partition coefficient (Wildman–Crippen LogP) is 4.97. The molecule has 1 atom stereocenters. The number of ether oxygens (including phenoxy) is 1. The molecule has 1 aromatic heterocycles. The molecule has 0 saturated heterocycles. The summed E-state index contributed by atoms with van der Waals surface area (Å²) in [6, 6.07) is 7.59. The molecule has 1 amide bonds. The number of hydrogen-bond donors (Lipinski definition) is 1. The molecule has 1 heterocycles. The van der Waals surface area contributed by atoms with Gasteiger partial charge in [-0.3, -0.25) is 0 Å². The summed E-state index contributed by atoms with van der Waals surface area (Å²) in [4.78, 5) is 17.2. The van der Waals surface area contributed by atoms with Gasteiger partial charge in [0.2, 0.25) is 0 Å². The summed E-state index contributed by atoms with van der Waals surface area (Å²) >= 11 is 7.43. The van der Waals surface area contributed by atoms with Gasteiger partial charge in [0.05, 0.1) is 10.6 Å². The lowest BCUT2D eigenvalue weighted by Crippen LogP contribution is -2.31. The van der Waals surface area contributed by atoms with Gasteiger partial charge < -0.3 is 10.1 Å². The minimum Gasteiger partial charge on any atom is -0.441 e. The van der Waals surface area contributed by atoms with Gasteiger partial charge in [0.15, 0.2) is 0 Å². The summed E-state index contributed by atoms with van der Waals surface area (Å²) in [5, 5.41) is 4.30. The summed E-state index contributed by atoms with van der Waals surface area (Å²) in [6.07, 6.45) is -0.749. The molecule has 118 valence electrons. The molecule has 0 aliphatic heterocycles. The highest BCUT2D eigenvalue weighted by Crippen LogP contribution is 2.33. The maximum atomic E-state index is 11.7. The van der Waals surface area contributed by atoms with Gasteiger partial charge in [-0.1, -0.05) is 23.7 Å². The fraction of sp³-hybridized carbons (Fsp3) is 0.375. The molecule has 2 aromatic rings. The number of nitrogens with one attached hydrogen (secondary N) is 1. The van der Waals surface area contributed by atoms with Crippen molar-refractivity contribution in [1.82, 2.24) is 10.3 Å². The first kappa shape index (κ1) is 16.8. The van der Waals surface area contributed by atoms with Crippen molar-refractivity contribution in [2.45, 2.75) is 39.8 Å². The van der Waals surface area contributed by atoms with Crippen LogP contribution in [-0.4, -0.2) is 17.1 Å². The van der Waals surface area contributed by atoms with Crippen LogP contribution in [0.25, 0.3) is 10.6 Å². The van der Waals surface area contributed by atoms with Crippen LogP contribution in [0.1, 0.15) is 37.4 Å². The number of nitrogens with zero attached hydrogens (tertiary/aromatic N) is 1. The predicted molar refractivity (Wildman–Crippen MR) is 90.5 cm³/mol. The van der Waals surface area contributed by atoms with E-state index in [2.05, 4.69) is 10.3 Å². The third-order valence-corrected chi connectivity index (χ3v) is 4.60. The van der Waals surface area contributed by atoms with Crippen LogP contribution in [0.2, 0.25) is 5.02 Å². The second kappa shape index (κ2) is 7.11. The largest absolute Gasteiger partial charge is 0.441 e. The Hall–Kier alpha value is -1.59. The fourth-order valence-electron chi connectivity index (χ4n) is 1.99. The van der Waals surface area contributed by atoms with Gasteiger partial charge in [-0.25, -0.2) is 9.78 Å². The maximum Gasteiger partial charge on any atom is 0.407 e. The fourth-order valence-corrected chi connectivity index (χ4v) is 3.16. The van der Waals surface area contributed by atoms with E-state index in [1.165, 1.54) is 11.3 Å². The first-order chi connectivity index (χ1) is 10.4. The number of hydrogen-bond acceptors (Lipinski definition) is 4. The Bertz CT molecular complexity index is 653. The number of thiazole rings is 1. The molecule has 0 aliphatic rings. The monoisotopic (exact) mass is 338 g/mol. The zero-order valence-electron chi connectivity index (χ0n) is 13.0. The van der Waals surface area contributed by atoms with Crippen LogP contribution in [0.5, 0.6) is 0 Å². The second-order valence-electron chi connectivity index (χ2n) is 5.32. The molecule has 0 fully saturated rings. The van der Waals surface area contributed by atoms with E-state index in [1.807, 2.05) is 52.0 Å². The van der Waals surface area contributed by atoms with Crippen molar-refractivity contribution in [2.75, 3.05) is 0 Å². The van der Waals surface area contributed by atoms with Crippen LogP contribution in [0.4, 0.5) is 4.79 Å². The number of carbonyl (C=O) groups is 1. The van der Waals surface area contributed by atoms with Crippen LogP contribution in [0.15, 0.2) is 24.3 Å². The molecule has 1 N–H and O–H groups in total. The van der Waals surface area contributed by atoms with Crippen molar-refractivity contribution < 1.29 is 9.53 Å². The Kier molecular flexibility index (Phi) is 5.42. The Labute approximate surface area is 139 Å². The topological polar surface area (TPSA) is 51.2 Å². The van der Waals surface area contributed by atoms with Crippen LogP contribution in [-0.2, 0) is 4.74 Å². The van der Waals surface area contributed by atoms with E-state index in [1.54, 1.807) is 0 Å². The van der Waals surface area contributed by atoms with Gasteiger partial charge in [-0.15, -0.1) is 11.3 Å². The highest BCUT2D eigenvalue weighted by molar-refractivity contribution is 7.15. The van der Waals surface area contributed by atoms with Crippen molar-refractivity contribution in [2.24, 2.45) is 0 Å². The van der Waals surface area contributed by atoms with Crippen LogP contribution < -0.4 is 5.32 Å². The molecule has 0 aliphatic carbocycles. The highest BCUT2D eigenvalue weighted by atomic mass is 35.5. The average Bonchev–Trinajstić information content (AvgIpc) is 2.80. The lowest BCUT2D eigenvalue weighted by molar-refractivity contribution is 0.106. The van der Waals surface area contributed by atoms with Crippen LogP contribution in [0, 0.1) is 6.92 Å². The van der Waals surface area contributed by atoms with E-state index in [-0.39, 0.29) is 12.1 Å². The first-order valence-corrected chi connectivity index (χ1v) is 8.26. The molecule has 1 aromatic carbocycles. The number of carbonyl (C=O) groups excluding carboxylic acids is 1. The zero-order chi connectivity index (χ0) is 16.3. The van der Waals surface area contributed by atoms with Gasteiger partial charge >= 0.3 is 6.09 Å². The van der Waals surface area contributed by atoms with Gasteiger partial charge in [-0.05, 0) is 39.8 Å². The summed E-state index contributed by atoms with van der Waals surface area (Å²) in [5.74, 6) is 0. The first-order valence-electron chi connectivity index (χ1n) is 7.07. The van der Waals surface area contributed by atoms with E-state index in [9.17, 15) is 4.79 Å². The number of amides is 1. The molecule has 2 rings (SSSR count). The average molecular weight is 339 g/mol. The molecule has 4 nitrogen and oxygen atoms in total. The quantitative estimate of drug-likeness (QED) is 0.856. The molecular weight excluding hydrogens is 320 g/mol. The van der Waals surface area contributed by atoms with Crippen molar-refractivity contribution in [3.05, 3.63) is 39.9 Å². The minimum absolute atomic E-state index is 0.0480. The number of aromatic nitrogens is 1. The summed E-state index contributed by atoms with van der Waals surface area (Å²) in [7, 11) is 0. The SMILES string of the molecule is Cc1nc(-c2ccc(Cl)cc2)sc1[C@H](C)OC(=O)NC(C)C. The highest BCUT2D eigenvalue weighted by Gasteiger charge is 2.19. The summed E-state index contributed by atoms with van der Waals surface area (Å²) < 4.78 is 5.40. The van der Waals surface area contributed by atoms with Crippen LogP contribution in [0.3, 0.4) is 0 Å². The molecule has 6 heteroatoms. The van der Waals surface area contributed by atoms with E-state index < -0.39 is 6.09 Å². The Morgan fingerprint density at radius 1 is 1.27 bits per heavy atom. The van der Waals surface area contributed by atoms with Crippen molar-refractivity contribution in [1.29, 1.82) is 0 Å². The van der Waals surface area contributed by atoms with Gasteiger partial charge in [0.1, 0.15) is 11.1 Å². The normalized spacial score (nSPS) is 12.3. The third-order valence-electron chi connectivity index (χ3n) is 2.98. The van der Waals surface area contributed by atoms with Gasteiger partial charge in [-0.2, -0.15) is 0 Å². The number of aryl methyl sites for hydroxylation is 1. The molecular formula is C16H19ClN2O2S. The lowest BCUT2D eigenvalue weighted by Gasteiger charge is -2.14. The van der Waals surface area contributed by atoms with E-state index in [0.717, 1.165) is 21.1 Å². The minimum atomic E-state index is -0.414. The van der Waals surface area contributed by atoms with Gasteiger partial charge in [0, 0.05) is 16.6 Å². The standard InChI is InChI=1S/C16H19ClN2O2S/c1-9(2)18-16(20)21-11(4)14-10(3)19-15(22-14)12-5-7-13(17)8-6-12/h5-9,11H,1-4H3,(H,18,20)/t11-/m0/s1. The number of halogens is 1.